The summed E-state index contributed by atoms with van der Waals surface area (Å²) in [5.74, 6) is -0.481. The molecule has 0 bridgehead atoms. The number of rotatable bonds is 4. The predicted molar refractivity (Wildman–Crippen MR) is 118 cm³/mol. The average molecular weight is 517 g/mol. The van der Waals surface area contributed by atoms with Gasteiger partial charge in [-0.1, -0.05) is 39.7 Å². The van der Waals surface area contributed by atoms with Gasteiger partial charge in [0.15, 0.2) is 5.13 Å². The van der Waals surface area contributed by atoms with Gasteiger partial charge in [0, 0.05) is 41.6 Å². The molecule has 0 atom stereocenters. The first kappa shape index (κ1) is 20.7. The molecule has 152 valence electrons. The molecule has 0 radical (unpaired) electrons. The Bertz CT molecular complexity index is 1150. The van der Waals surface area contributed by atoms with E-state index in [-0.39, 0.29) is 9.92 Å². The molecule has 2 heterocycles. The van der Waals surface area contributed by atoms with E-state index in [9.17, 15) is 12.8 Å². The van der Waals surface area contributed by atoms with E-state index in [1.807, 2.05) is 10.3 Å². The summed E-state index contributed by atoms with van der Waals surface area (Å²) in [5.41, 5.74) is 1.33. The zero-order valence-electron chi connectivity index (χ0n) is 15.1. The quantitative estimate of drug-likeness (QED) is 0.496. The van der Waals surface area contributed by atoms with Crippen molar-refractivity contribution in [1.82, 2.24) is 9.29 Å². The summed E-state index contributed by atoms with van der Waals surface area (Å²) in [4.78, 5) is 6.92. The summed E-state index contributed by atoms with van der Waals surface area (Å²) in [6.45, 7) is 1.82. The molecule has 1 saturated heterocycles. The predicted octanol–water partition coefficient (Wildman–Crippen LogP) is 4.88. The summed E-state index contributed by atoms with van der Waals surface area (Å²) < 4.78 is 41.7. The molecule has 1 aliphatic heterocycles. The van der Waals surface area contributed by atoms with Crippen molar-refractivity contribution in [2.24, 2.45) is 0 Å². The maximum absolute atomic E-state index is 13.7. The Kier molecular flexibility index (Phi) is 5.94. The number of sulfonamides is 1. The van der Waals surface area contributed by atoms with Crippen molar-refractivity contribution in [3.8, 4) is 11.3 Å². The summed E-state index contributed by atoms with van der Waals surface area (Å²) in [5, 5.41) is 2.73. The zero-order valence-corrected chi connectivity index (χ0v) is 19.0. The molecule has 0 amide bonds. The highest BCUT2D eigenvalue weighted by molar-refractivity contribution is 9.10. The summed E-state index contributed by atoms with van der Waals surface area (Å²) in [6.07, 6.45) is 0. The van der Waals surface area contributed by atoms with Crippen molar-refractivity contribution in [3.63, 3.8) is 0 Å². The van der Waals surface area contributed by atoms with Gasteiger partial charge in [0.2, 0.25) is 10.0 Å². The second kappa shape index (κ2) is 8.31. The fourth-order valence-corrected chi connectivity index (χ4v) is 6.12. The summed E-state index contributed by atoms with van der Waals surface area (Å²) >= 11 is 10.5. The van der Waals surface area contributed by atoms with Gasteiger partial charge >= 0.3 is 0 Å². The lowest BCUT2D eigenvalue weighted by molar-refractivity contribution is 0.385. The standard InChI is InChI=1S/C19H16BrClFN3O2S2/c20-14-2-1-3-15(11-14)29(26,27)25-8-6-24(7-9-25)19-23-18(12-28-19)13-4-5-16(21)17(22)10-13/h1-5,10-12H,6-9H2. The maximum Gasteiger partial charge on any atom is 0.243 e. The number of benzene rings is 2. The molecule has 0 unspecified atom stereocenters. The Balaban J connectivity index is 1.46. The van der Waals surface area contributed by atoms with Gasteiger partial charge in [0.05, 0.1) is 15.6 Å². The van der Waals surface area contributed by atoms with Gasteiger partial charge in [-0.05, 0) is 30.3 Å². The Morgan fingerprint density at radius 1 is 1.10 bits per heavy atom. The van der Waals surface area contributed by atoms with E-state index in [2.05, 4.69) is 20.9 Å². The normalized spacial score (nSPS) is 15.6. The molecule has 10 heteroatoms. The number of halogens is 3. The monoisotopic (exact) mass is 515 g/mol. The molecule has 3 aromatic rings. The van der Waals surface area contributed by atoms with Crippen LogP contribution < -0.4 is 4.90 Å². The first-order valence-electron chi connectivity index (χ1n) is 8.76. The van der Waals surface area contributed by atoms with Gasteiger partial charge in [-0.25, -0.2) is 17.8 Å². The third-order valence-corrected chi connectivity index (χ3v) is 8.25. The van der Waals surface area contributed by atoms with Gasteiger partial charge in [-0.2, -0.15) is 4.31 Å². The van der Waals surface area contributed by atoms with Crippen molar-refractivity contribution in [3.05, 3.63) is 63.2 Å². The van der Waals surface area contributed by atoms with Gasteiger partial charge in [0.1, 0.15) is 5.82 Å². The van der Waals surface area contributed by atoms with Gasteiger partial charge in [-0.3, -0.25) is 0 Å². The molecule has 1 fully saturated rings. The van der Waals surface area contributed by atoms with E-state index in [1.165, 1.54) is 27.8 Å². The third-order valence-electron chi connectivity index (χ3n) is 4.65. The number of hydrogen-bond acceptors (Lipinski definition) is 5. The fourth-order valence-electron chi connectivity index (χ4n) is 3.09. The molecule has 1 aromatic heterocycles. The molecule has 29 heavy (non-hydrogen) atoms. The number of piperazine rings is 1. The van der Waals surface area contributed by atoms with E-state index in [0.717, 1.165) is 9.60 Å². The van der Waals surface area contributed by atoms with Crippen LogP contribution in [0.2, 0.25) is 5.02 Å². The van der Waals surface area contributed by atoms with Crippen molar-refractivity contribution >= 4 is 54.0 Å². The van der Waals surface area contributed by atoms with Crippen LogP contribution in [0, 0.1) is 5.82 Å². The van der Waals surface area contributed by atoms with Crippen LogP contribution in [0.3, 0.4) is 0 Å². The molecule has 4 rings (SSSR count). The minimum absolute atomic E-state index is 0.0759. The van der Waals surface area contributed by atoms with Crippen LogP contribution in [0.4, 0.5) is 9.52 Å². The molecule has 0 saturated carbocycles. The topological polar surface area (TPSA) is 53.5 Å². The highest BCUT2D eigenvalue weighted by atomic mass is 79.9. The Labute approximate surface area is 185 Å². The van der Waals surface area contributed by atoms with E-state index in [4.69, 9.17) is 11.6 Å². The number of aromatic nitrogens is 1. The molecular weight excluding hydrogens is 501 g/mol. The summed E-state index contributed by atoms with van der Waals surface area (Å²) in [7, 11) is -3.53. The molecule has 2 aromatic carbocycles. The van der Waals surface area contributed by atoms with Gasteiger partial charge in [0.25, 0.3) is 0 Å². The highest BCUT2D eigenvalue weighted by Gasteiger charge is 2.29. The second-order valence-electron chi connectivity index (χ2n) is 6.49. The van der Waals surface area contributed by atoms with Crippen LogP contribution >= 0.6 is 38.9 Å². The fraction of sp³-hybridized carbons (Fsp3) is 0.211. The highest BCUT2D eigenvalue weighted by Crippen LogP contribution is 2.30. The van der Waals surface area contributed by atoms with Crippen LogP contribution in [-0.2, 0) is 10.0 Å². The molecule has 0 aliphatic carbocycles. The average Bonchev–Trinajstić information content (AvgIpc) is 3.20. The minimum atomic E-state index is -3.53. The SMILES string of the molecule is O=S(=O)(c1cccc(Br)c1)N1CCN(c2nc(-c3ccc(Cl)c(F)c3)cs2)CC1. The van der Waals surface area contributed by atoms with Crippen molar-refractivity contribution < 1.29 is 12.8 Å². The Morgan fingerprint density at radius 2 is 1.86 bits per heavy atom. The summed E-state index contributed by atoms with van der Waals surface area (Å²) in [6, 6.07) is 11.3. The smallest absolute Gasteiger partial charge is 0.243 e. The minimum Gasteiger partial charge on any atom is -0.345 e. The van der Waals surface area contributed by atoms with Crippen LogP contribution in [-0.4, -0.2) is 43.9 Å². The second-order valence-corrected chi connectivity index (χ2v) is 10.6. The first-order chi connectivity index (χ1) is 13.8. The molecule has 1 aliphatic rings. The zero-order chi connectivity index (χ0) is 20.6. The van der Waals surface area contributed by atoms with Crippen LogP contribution in [0.25, 0.3) is 11.3 Å². The lowest BCUT2D eigenvalue weighted by Gasteiger charge is -2.33. The number of anilines is 1. The van der Waals surface area contributed by atoms with Gasteiger partial charge in [-0.15, -0.1) is 11.3 Å². The first-order valence-corrected chi connectivity index (χ1v) is 12.3. The molecule has 0 spiro atoms. The molecular formula is C19H16BrClFN3O2S2. The number of hydrogen-bond donors (Lipinski definition) is 0. The molecule has 5 nitrogen and oxygen atoms in total. The van der Waals surface area contributed by atoms with E-state index < -0.39 is 15.8 Å². The van der Waals surface area contributed by atoms with Gasteiger partial charge < -0.3 is 4.90 Å². The number of nitrogens with zero attached hydrogens (tertiary/aromatic N) is 3. The Morgan fingerprint density at radius 3 is 2.55 bits per heavy atom. The van der Waals surface area contributed by atoms with Crippen molar-refractivity contribution in [2.75, 3.05) is 31.1 Å². The van der Waals surface area contributed by atoms with Crippen molar-refractivity contribution in [1.29, 1.82) is 0 Å². The van der Waals surface area contributed by atoms with Crippen LogP contribution in [0.15, 0.2) is 57.2 Å². The van der Waals surface area contributed by atoms with E-state index >= 15 is 0 Å². The van der Waals surface area contributed by atoms with Crippen molar-refractivity contribution in [2.45, 2.75) is 4.90 Å². The van der Waals surface area contributed by atoms with E-state index in [0.29, 0.717) is 37.4 Å². The van der Waals surface area contributed by atoms with E-state index in [1.54, 1.807) is 30.3 Å². The lowest BCUT2D eigenvalue weighted by atomic mass is 10.2. The Hall–Kier alpha value is -1.52. The lowest BCUT2D eigenvalue weighted by Crippen LogP contribution is -2.48. The largest absolute Gasteiger partial charge is 0.345 e. The maximum atomic E-state index is 13.7. The van der Waals surface area contributed by atoms with Crippen LogP contribution in [0.5, 0.6) is 0 Å². The third kappa shape index (κ3) is 4.34. The number of thiazole rings is 1. The van der Waals surface area contributed by atoms with Crippen LogP contribution in [0.1, 0.15) is 0 Å². The molecule has 0 N–H and O–H groups in total.